The zero-order chi connectivity index (χ0) is 10.2. The van der Waals surface area contributed by atoms with E-state index in [1.807, 2.05) is 0 Å². The summed E-state index contributed by atoms with van der Waals surface area (Å²) in [6.07, 6.45) is 2.25. The molecule has 0 aromatic rings. The number of carbonyl (C=O) groups is 1. The van der Waals surface area contributed by atoms with E-state index >= 15 is 0 Å². The molecular weight excluding hydrogens is 186 g/mol. The molecule has 1 fully saturated rings. The Bertz CT molecular complexity index is 168. The molecule has 1 amide bonds. The molecule has 1 heterocycles. The number of rotatable bonds is 6. The molecule has 14 heavy (non-hydrogen) atoms. The highest BCUT2D eigenvalue weighted by atomic mass is 16.5. The van der Waals surface area contributed by atoms with E-state index in [0.717, 1.165) is 19.4 Å². The Morgan fingerprint density at radius 1 is 1.64 bits per heavy atom. The highest BCUT2D eigenvalue weighted by Crippen LogP contribution is 2.10. The Kier molecular flexibility index (Phi) is 5.51. The van der Waals surface area contributed by atoms with Crippen molar-refractivity contribution in [2.45, 2.75) is 18.9 Å². The second-order valence-electron chi connectivity index (χ2n) is 3.22. The fourth-order valence-electron chi connectivity index (χ4n) is 1.31. The van der Waals surface area contributed by atoms with Crippen LogP contribution < -0.4 is 5.32 Å². The van der Waals surface area contributed by atoms with Crippen molar-refractivity contribution in [1.82, 2.24) is 5.32 Å². The van der Waals surface area contributed by atoms with Gasteiger partial charge in [0.25, 0.3) is 0 Å². The maximum Gasteiger partial charge on any atom is 0.246 e. The Morgan fingerprint density at radius 3 is 3.14 bits per heavy atom. The fourth-order valence-corrected chi connectivity index (χ4v) is 1.31. The van der Waals surface area contributed by atoms with Gasteiger partial charge in [0.1, 0.15) is 6.61 Å². The van der Waals surface area contributed by atoms with Crippen LogP contribution in [0.4, 0.5) is 0 Å². The van der Waals surface area contributed by atoms with Gasteiger partial charge in [-0.25, -0.2) is 0 Å². The monoisotopic (exact) mass is 203 g/mol. The van der Waals surface area contributed by atoms with E-state index < -0.39 is 0 Å². The SMILES string of the molecule is O=C(COCCO)NCC1CCCO1. The number of hydrogen-bond donors (Lipinski definition) is 2. The van der Waals surface area contributed by atoms with E-state index in [-0.39, 0.29) is 31.8 Å². The standard InChI is InChI=1S/C9H17NO4/c11-3-5-13-7-9(12)10-6-8-2-1-4-14-8/h8,11H,1-7H2,(H,10,12). The molecule has 5 heteroatoms. The second kappa shape index (κ2) is 6.75. The van der Waals surface area contributed by atoms with Crippen molar-refractivity contribution in [3.05, 3.63) is 0 Å². The highest BCUT2D eigenvalue weighted by molar-refractivity contribution is 5.77. The topological polar surface area (TPSA) is 67.8 Å². The predicted molar refractivity (Wildman–Crippen MR) is 49.9 cm³/mol. The Hall–Kier alpha value is -0.650. The van der Waals surface area contributed by atoms with Gasteiger partial charge in [0.05, 0.1) is 19.3 Å². The molecule has 1 aliphatic heterocycles. The third-order valence-corrected chi connectivity index (χ3v) is 2.02. The van der Waals surface area contributed by atoms with Crippen LogP contribution in [-0.2, 0) is 14.3 Å². The van der Waals surface area contributed by atoms with Crippen LogP contribution in [0.5, 0.6) is 0 Å². The molecular formula is C9H17NO4. The lowest BCUT2D eigenvalue weighted by Crippen LogP contribution is -2.34. The van der Waals surface area contributed by atoms with Gasteiger partial charge in [-0.1, -0.05) is 0 Å². The van der Waals surface area contributed by atoms with Crippen molar-refractivity contribution in [1.29, 1.82) is 0 Å². The van der Waals surface area contributed by atoms with Gasteiger partial charge in [-0.05, 0) is 12.8 Å². The molecule has 0 aromatic heterocycles. The molecule has 5 nitrogen and oxygen atoms in total. The van der Waals surface area contributed by atoms with E-state index in [9.17, 15) is 4.79 Å². The first-order valence-corrected chi connectivity index (χ1v) is 4.90. The van der Waals surface area contributed by atoms with Gasteiger partial charge < -0.3 is 19.9 Å². The summed E-state index contributed by atoms with van der Waals surface area (Å²) in [5.41, 5.74) is 0. The van der Waals surface area contributed by atoms with E-state index in [0.29, 0.717) is 6.54 Å². The lowest BCUT2D eigenvalue weighted by Gasteiger charge is -2.10. The quantitative estimate of drug-likeness (QED) is 0.560. The van der Waals surface area contributed by atoms with E-state index in [1.165, 1.54) is 0 Å². The van der Waals surface area contributed by atoms with Crippen molar-refractivity contribution >= 4 is 5.91 Å². The van der Waals surface area contributed by atoms with Gasteiger partial charge in [0.15, 0.2) is 0 Å². The lowest BCUT2D eigenvalue weighted by atomic mass is 10.2. The van der Waals surface area contributed by atoms with Crippen LogP contribution in [0.1, 0.15) is 12.8 Å². The summed E-state index contributed by atoms with van der Waals surface area (Å²) >= 11 is 0. The molecule has 1 saturated heterocycles. The van der Waals surface area contributed by atoms with E-state index in [2.05, 4.69) is 5.32 Å². The van der Waals surface area contributed by atoms with E-state index in [4.69, 9.17) is 14.6 Å². The number of amides is 1. The smallest absolute Gasteiger partial charge is 0.246 e. The first-order valence-electron chi connectivity index (χ1n) is 4.90. The third-order valence-electron chi connectivity index (χ3n) is 2.02. The minimum Gasteiger partial charge on any atom is -0.394 e. The normalized spacial score (nSPS) is 21.1. The molecule has 0 radical (unpaired) electrons. The number of carbonyl (C=O) groups excluding carboxylic acids is 1. The maximum atomic E-state index is 11.1. The summed E-state index contributed by atoms with van der Waals surface area (Å²) in [5, 5.41) is 11.1. The first kappa shape index (κ1) is 11.4. The summed E-state index contributed by atoms with van der Waals surface area (Å²) in [6.45, 7) is 1.50. The Balaban J connectivity index is 1.96. The van der Waals surface area contributed by atoms with Crippen LogP contribution >= 0.6 is 0 Å². The van der Waals surface area contributed by atoms with Crippen LogP contribution in [0.2, 0.25) is 0 Å². The number of aliphatic hydroxyl groups is 1. The van der Waals surface area contributed by atoms with Crippen molar-refractivity contribution in [3.63, 3.8) is 0 Å². The second-order valence-corrected chi connectivity index (χ2v) is 3.22. The Labute approximate surface area is 83.4 Å². The molecule has 82 valence electrons. The molecule has 1 rings (SSSR count). The van der Waals surface area contributed by atoms with Crippen molar-refractivity contribution in [3.8, 4) is 0 Å². The zero-order valence-electron chi connectivity index (χ0n) is 8.20. The zero-order valence-corrected chi connectivity index (χ0v) is 8.20. The van der Waals surface area contributed by atoms with Crippen LogP contribution in [0.25, 0.3) is 0 Å². The molecule has 1 aliphatic rings. The summed E-state index contributed by atoms with van der Waals surface area (Å²) in [6, 6.07) is 0. The molecule has 0 bridgehead atoms. The summed E-state index contributed by atoms with van der Waals surface area (Å²) in [7, 11) is 0. The van der Waals surface area contributed by atoms with Gasteiger partial charge in [0.2, 0.25) is 5.91 Å². The maximum absolute atomic E-state index is 11.1. The fraction of sp³-hybridized carbons (Fsp3) is 0.889. The molecule has 0 saturated carbocycles. The molecule has 0 aromatic carbocycles. The third kappa shape index (κ3) is 4.55. The van der Waals surface area contributed by atoms with Gasteiger partial charge in [0, 0.05) is 13.2 Å². The van der Waals surface area contributed by atoms with Gasteiger partial charge >= 0.3 is 0 Å². The Morgan fingerprint density at radius 2 is 2.50 bits per heavy atom. The minimum absolute atomic E-state index is 0.00722. The van der Waals surface area contributed by atoms with Crippen molar-refractivity contribution < 1.29 is 19.4 Å². The summed E-state index contributed by atoms with van der Waals surface area (Å²) in [4.78, 5) is 11.1. The van der Waals surface area contributed by atoms with E-state index in [1.54, 1.807) is 0 Å². The first-order chi connectivity index (χ1) is 6.83. The number of aliphatic hydroxyl groups excluding tert-OH is 1. The molecule has 2 N–H and O–H groups in total. The summed E-state index contributed by atoms with van der Waals surface area (Å²) in [5.74, 6) is -0.158. The molecule has 0 spiro atoms. The predicted octanol–water partition coefficient (Wildman–Crippen LogP) is -0.709. The minimum atomic E-state index is -0.158. The number of hydrogen-bond acceptors (Lipinski definition) is 4. The van der Waals surface area contributed by atoms with Crippen LogP contribution in [0.3, 0.4) is 0 Å². The van der Waals surface area contributed by atoms with Crippen LogP contribution in [-0.4, -0.2) is 50.1 Å². The van der Waals surface area contributed by atoms with Gasteiger partial charge in [-0.15, -0.1) is 0 Å². The van der Waals surface area contributed by atoms with Crippen LogP contribution in [0.15, 0.2) is 0 Å². The van der Waals surface area contributed by atoms with Gasteiger partial charge in [-0.2, -0.15) is 0 Å². The molecule has 1 atom stereocenters. The average Bonchev–Trinajstić information content (AvgIpc) is 2.68. The van der Waals surface area contributed by atoms with Crippen molar-refractivity contribution in [2.24, 2.45) is 0 Å². The molecule has 0 aliphatic carbocycles. The average molecular weight is 203 g/mol. The number of ether oxygens (including phenoxy) is 2. The lowest BCUT2D eigenvalue weighted by molar-refractivity contribution is -0.126. The van der Waals surface area contributed by atoms with Crippen molar-refractivity contribution in [2.75, 3.05) is 33.0 Å². The summed E-state index contributed by atoms with van der Waals surface area (Å²) < 4.78 is 10.2. The number of nitrogens with one attached hydrogen (secondary N) is 1. The van der Waals surface area contributed by atoms with Gasteiger partial charge in [-0.3, -0.25) is 4.79 Å². The largest absolute Gasteiger partial charge is 0.394 e. The molecule has 1 unspecified atom stereocenters. The highest BCUT2D eigenvalue weighted by Gasteiger charge is 2.15. The van der Waals surface area contributed by atoms with Crippen LogP contribution in [0, 0.1) is 0 Å².